The maximum Gasteiger partial charge on any atom is 0.434 e. The highest BCUT2D eigenvalue weighted by Gasteiger charge is 2.38. The van der Waals surface area contributed by atoms with Crippen molar-refractivity contribution in [2.75, 3.05) is 11.9 Å². The number of rotatable bonds is 3. The molecule has 1 saturated carbocycles. The zero-order chi connectivity index (χ0) is 16.6. The fraction of sp³-hybridized carbons (Fsp3) is 0.533. The van der Waals surface area contributed by atoms with Gasteiger partial charge in [-0.2, -0.15) is 13.2 Å². The van der Waals surface area contributed by atoms with Crippen molar-refractivity contribution in [2.24, 2.45) is 0 Å². The first-order valence-corrected chi connectivity index (χ1v) is 7.47. The summed E-state index contributed by atoms with van der Waals surface area (Å²) in [4.78, 5) is 9.62. The molecule has 8 heteroatoms. The van der Waals surface area contributed by atoms with Crippen LogP contribution >= 0.6 is 0 Å². The van der Waals surface area contributed by atoms with Crippen LogP contribution in [-0.2, 0) is 6.18 Å². The molecule has 2 aromatic heterocycles. The Hall–Kier alpha value is -2.12. The van der Waals surface area contributed by atoms with Crippen LogP contribution in [0.15, 0.2) is 16.8 Å². The summed E-state index contributed by atoms with van der Waals surface area (Å²) in [5.41, 5.74) is -0.689. The summed E-state index contributed by atoms with van der Waals surface area (Å²) < 4.78 is 45.1. The van der Waals surface area contributed by atoms with Gasteiger partial charge in [0.2, 0.25) is 5.95 Å². The van der Waals surface area contributed by atoms with Crippen LogP contribution in [0, 0.1) is 6.92 Å². The maximum absolute atomic E-state index is 13.4. The van der Waals surface area contributed by atoms with Crippen LogP contribution in [0.5, 0.6) is 0 Å². The molecule has 2 heterocycles. The predicted octanol–water partition coefficient (Wildman–Crippen LogP) is 3.84. The molecule has 0 amide bonds. The van der Waals surface area contributed by atoms with E-state index in [1.807, 2.05) is 0 Å². The van der Waals surface area contributed by atoms with Gasteiger partial charge in [0.1, 0.15) is 0 Å². The molecular formula is C15H17F3N4O. The van der Waals surface area contributed by atoms with Gasteiger partial charge in [0.25, 0.3) is 0 Å². The Balaban J connectivity index is 2.02. The molecule has 0 aromatic carbocycles. The number of alkyl halides is 3. The van der Waals surface area contributed by atoms with Crippen molar-refractivity contribution in [3.63, 3.8) is 0 Å². The van der Waals surface area contributed by atoms with Gasteiger partial charge in [-0.25, -0.2) is 9.97 Å². The summed E-state index contributed by atoms with van der Waals surface area (Å²) in [6.45, 7) is 1.64. The van der Waals surface area contributed by atoms with Gasteiger partial charge >= 0.3 is 6.18 Å². The van der Waals surface area contributed by atoms with Crippen LogP contribution < -0.4 is 4.90 Å². The molecule has 0 unspecified atom stereocenters. The van der Waals surface area contributed by atoms with Crippen molar-refractivity contribution in [3.05, 3.63) is 23.7 Å². The summed E-state index contributed by atoms with van der Waals surface area (Å²) in [6, 6.07) is 1.63. The average Bonchev–Trinajstić information content (AvgIpc) is 3.16. The Morgan fingerprint density at radius 2 is 1.96 bits per heavy atom. The van der Waals surface area contributed by atoms with E-state index < -0.39 is 11.9 Å². The van der Waals surface area contributed by atoms with E-state index >= 15 is 0 Å². The SMILES string of the molecule is Cc1cc(-c2cnc(N(C)C3CCCC3)nc2C(F)(F)F)on1. The quantitative estimate of drug-likeness (QED) is 0.858. The molecule has 0 atom stereocenters. The standard InChI is InChI=1S/C15H17F3N4O/c1-9-7-12(23-21-9)11-8-19-14(20-13(11)15(16,17)18)22(2)10-5-3-4-6-10/h7-8,10H,3-6H2,1-2H3. The second kappa shape index (κ2) is 5.82. The number of aromatic nitrogens is 3. The number of aryl methyl sites for hydroxylation is 1. The minimum atomic E-state index is -4.59. The zero-order valence-corrected chi connectivity index (χ0v) is 12.9. The van der Waals surface area contributed by atoms with Gasteiger partial charge < -0.3 is 9.42 Å². The van der Waals surface area contributed by atoms with Crippen LogP contribution in [0.4, 0.5) is 19.1 Å². The number of anilines is 1. The van der Waals surface area contributed by atoms with Crippen LogP contribution in [-0.4, -0.2) is 28.2 Å². The summed E-state index contributed by atoms with van der Waals surface area (Å²) in [6.07, 6.45) is 0.627. The third kappa shape index (κ3) is 3.16. The van der Waals surface area contributed by atoms with Crippen LogP contribution in [0.2, 0.25) is 0 Å². The van der Waals surface area contributed by atoms with Crippen molar-refractivity contribution >= 4 is 5.95 Å². The zero-order valence-electron chi connectivity index (χ0n) is 12.9. The fourth-order valence-electron chi connectivity index (χ4n) is 2.88. The van der Waals surface area contributed by atoms with E-state index in [2.05, 4.69) is 15.1 Å². The Labute approximate surface area is 131 Å². The second-order valence-electron chi connectivity index (χ2n) is 5.81. The maximum atomic E-state index is 13.4. The summed E-state index contributed by atoms with van der Waals surface area (Å²) >= 11 is 0. The normalized spacial score (nSPS) is 16.0. The fourth-order valence-corrected chi connectivity index (χ4v) is 2.88. The molecule has 0 N–H and O–H groups in total. The monoisotopic (exact) mass is 326 g/mol. The lowest BCUT2D eigenvalue weighted by Gasteiger charge is -2.25. The minimum absolute atomic E-state index is 0.0184. The smallest absolute Gasteiger partial charge is 0.356 e. The van der Waals surface area contributed by atoms with Crippen molar-refractivity contribution in [1.29, 1.82) is 0 Å². The van der Waals surface area contributed by atoms with Crippen LogP contribution in [0.25, 0.3) is 11.3 Å². The molecule has 0 radical (unpaired) electrons. The Bertz CT molecular complexity index is 692. The molecule has 124 valence electrons. The predicted molar refractivity (Wildman–Crippen MR) is 77.9 cm³/mol. The van der Waals surface area contributed by atoms with Gasteiger partial charge in [-0.3, -0.25) is 0 Å². The molecule has 1 aliphatic carbocycles. The van der Waals surface area contributed by atoms with Gasteiger partial charge in [0, 0.05) is 25.4 Å². The summed E-state index contributed by atoms with van der Waals surface area (Å²) in [5, 5.41) is 3.63. The molecule has 23 heavy (non-hydrogen) atoms. The van der Waals surface area contributed by atoms with Crippen molar-refractivity contribution in [2.45, 2.75) is 44.8 Å². The molecule has 1 aliphatic rings. The lowest BCUT2D eigenvalue weighted by molar-refractivity contribution is -0.140. The van der Waals surface area contributed by atoms with Gasteiger partial charge in [0.15, 0.2) is 11.5 Å². The van der Waals surface area contributed by atoms with E-state index in [4.69, 9.17) is 4.52 Å². The Morgan fingerprint density at radius 1 is 1.26 bits per heavy atom. The van der Waals surface area contributed by atoms with Gasteiger partial charge in [0.05, 0.1) is 11.3 Å². The lowest BCUT2D eigenvalue weighted by Crippen LogP contribution is -2.31. The van der Waals surface area contributed by atoms with Crippen LogP contribution in [0.1, 0.15) is 37.1 Å². The number of hydrogen-bond acceptors (Lipinski definition) is 5. The third-order valence-corrected chi connectivity index (χ3v) is 4.13. The average molecular weight is 326 g/mol. The van der Waals surface area contributed by atoms with Gasteiger partial charge in [-0.05, 0) is 19.8 Å². The highest BCUT2D eigenvalue weighted by molar-refractivity contribution is 5.61. The molecule has 0 bridgehead atoms. The molecule has 1 fully saturated rings. The number of halogens is 3. The van der Waals surface area contributed by atoms with E-state index in [0.29, 0.717) is 5.69 Å². The molecule has 0 spiro atoms. The van der Waals surface area contributed by atoms with Crippen molar-refractivity contribution < 1.29 is 17.7 Å². The number of nitrogens with zero attached hydrogens (tertiary/aromatic N) is 4. The first-order chi connectivity index (χ1) is 10.9. The van der Waals surface area contributed by atoms with E-state index in [-0.39, 0.29) is 23.3 Å². The Morgan fingerprint density at radius 3 is 2.52 bits per heavy atom. The van der Waals surface area contributed by atoms with E-state index in [9.17, 15) is 13.2 Å². The first kappa shape index (κ1) is 15.8. The molecular weight excluding hydrogens is 309 g/mol. The van der Waals surface area contributed by atoms with Gasteiger partial charge in [-0.15, -0.1) is 0 Å². The van der Waals surface area contributed by atoms with E-state index in [0.717, 1.165) is 31.9 Å². The van der Waals surface area contributed by atoms with Crippen molar-refractivity contribution in [3.8, 4) is 11.3 Å². The highest BCUT2D eigenvalue weighted by Crippen LogP contribution is 2.37. The highest BCUT2D eigenvalue weighted by atomic mass is 19.4. The van der Waals surface area contributed by atoms with Gasteiger partial charge in [-0.1, -0.05) is 18.0 Å². The molecule has 0 aliphatic heterocycles. The lowest BCUT2D eigenvalue weighted by atomic mass is 10.1. The number of hydrogen-bond donors (Lipinski definition) is 0. The van der Waals surface area contributed by atoms with Crippen molar-refractivity contribution in [1.82, 2.24) is 15.1 Å². The molecule has 0 saturated heterocycles. The Kier molecular flexibility index (Phi) is 3.99. The topological polar surface area (TPSA) is 55.1 Å². The van der Waals surface area contributed by atoms with E-state index in [1.165, 1.54) is 6.07 Å². The molecule has 5 nitrogen and oxygen atoms in total. The van der Waals surface area contributed by atoms with E-state index in [1.54, 1.807) is 18.9 Å². The van der Waals surface area contributed by atoms with Crippen LogP contribution in [0.3, 0.4) is 0 Å². The summed E-state index contributed by atoms with van der Waals surface area (Å²) in [7, 11) is 1.74. The minimum Gasteiger partial charge on any atom is -0.356 e. The first-order valence-electron chi connectivity index (χ1n) is 7.47. The largest absolute Gasteiger partial charge is 0.434 e. The second-order valence-corrected chi connectivity index (χ2v) is 5.81. The third-order valence-electron chi connectivity index (χ3n) is 4.13. The molecule has 2 aromatic rings. The molecule has 3 rings (SSSR count). The summed E-state index contributed by atoms with van der Waals surface area (Å²) in [5.74, 6) is 0.106.